The van der Waals surface area contributed by atoms with Crippen molar-refractivity contribution in [2.24, 2.45) is 0 Å². The van der Waals surface area contributed by atoms with E-state index in [0.29, 0.717) is 19.3 Å². The number of aliphatic hydroxyl groups is 14. The predicted molar refractivity (Wildman–Crippen MR) is 324 cm³/mol. The van der Waals surface area contributed by atoms with Crippen molar-refractivity contribution in [1.29, 1.82) is 0 Å². The molecule has 0 aromatic rings. The van der Waals surface area contributed by atoms with Gasteiger partial charge in [-0.1, -0.05) is 161 Å². The zero-order valence-electron chi connectivity index (χ0n) is 53.4. The maximum Gasteiger partial charge on any atom is 0.472 e. The van der Waals surface area contributed by atoms with Crippen LogP contribution in [0.2, 0.25) is 0 Å². The molecule has 0 aromatic carbocycles. The Hall–Kier alpha value is -2.01. The molecule has 3 aliphatic heterocycles. The van der Waals surface area contributed by atoms with E-state index in [2.05, 4.69) is 26.0 Å². The highest BCUT2D eigenvalue weighted by molar-refractivity contribution is 7.47. The monoisotopic (exact) mass is 1340 g/mol. The van der Waals surface area contributed by atoms with Gasteiger partial charge < -0.3 is 114 Å². The second kappa shape index (κ2) is 44.7. The molecule has 4 fully saturated rings. The normalized spacial score (nSPS) is 34.1. The number of phosphoric ester groups is 1. The first kappa shape index (κ1) is 81.4. The summed E-state index contributed by atoms with van der Waals surface area (Å²) >= 11 is 0. The summed E-state index contributed by atoms with van der Waals surface area (Å²) < 4.78 is 69.9. The number of ether oxygens (including phenoxy) is 8. The minimum atomic E-state index is -5.75. The number of allylic oxidation sites excluding steroid dienone is 2. The van der Waals surface area contributed by atoms with Gasteiger partial charge in [0, 0.05) is 12.8 Å². The minimum Gasteiger partial charge on any atom is -0.462 e. The van der Waals surface area contributed by atoms with E-state index in [9.17, 15) is 90.5 Å². The average molecular weight is 1340 g/mol. The van der Waals surface area contributed by atoms with E-state index >= 15 is 0 Å². The van der Waals surface area contributed by atoms with Gasteiger partial charge in [0.15, 0.2) is 25.0 Å². The molecule has 0 bridgehead atoms. The Bertz CT molecular complexity index is 2010. The number of carbonyl (C=O) groups is 2. The first-order valence-electron chi connectivity index (χ1n) is 33.5. The molecule has 29 heteroatoms. The summed E-state index contributed by atoms with van der Waals surface area (Å²) in [5.74, 6) is -1.41. The van der Waals surface area contributed by atoms with E-state index in [4.69, 9.17) is 46.9 Å². The third kappa shape index (κ3) is 28.2. The third-order valence-corrected chi connectivity index (χ3v) is 18.2. The number of carbonyl (C=O) groups excluding carboxylic acids is 2. The Labute approximate surface area is 535 Å². The quantitative estimate of drug-likeness (QED) is 0.0180. The number of unbranched alkanes of at least 4 members (excludes halogenated alkanes) is 24. The Balaban J connectivity index is 1.47. The molecule has 23 atom stereocenters. The lowest BCUT2D eigenvalue weighted by atomic mass is 9.84. The summed E-state index contributed by atoms with van der Waals surface area (Å²) in [7, 11) is -5.75. The van der Waals surface area contributed by atoms with Crippen molar-refractivity contribution in [3.63, 3.8) is 0 Å². The van der Waals surface area contributed by atoms with Crippen molar-refractivity contribution in [3.05, 3.63) is 12.2 Å². The molecule has 4 aliphatic rings. The molecule has 0 aromatic heterocycles. The highest BCUT2D eigenvalue weighted by Gasteiger charge is 2.58. The van der Waals surface area contributed by atoms with Crippen LogP contribution in [0.3, 0.4) is 0 Å². The number of phosphoric acid groups is 1. The zero-order valence-corrected chi connectivity index (χ0v) is 54.3. The summed E-state index contributed by atoms with van der Waals surface area (Å²) in [5, 5.41) is 150. The smallest absolute Gasteiger partial charge is 0.462 e. The molecule has 3 heterocycles. The van der Waals surface area contributed by atoms with E-state index in [-0.39, 0.29) is 12.8 Å². The fraction of sp³-hybridized carbons (Fsp3) is 0.935. The maximum absolute atomic E-state index is 14.3. The molecule has 0 spiro atoms. The Kier molecular flexibility index (Phi) is 40.0. The number of rotatable bonds is 47. The van der Waals surface area contributed by atoms with Crippen LogP contribution in [0.15, 0.2) is 12.2 Å². The van der Waals surface area contributed by atoms with Crippen LogP contribution in [0.5, 0.6) is 0 Å². The van der Waals surface area contributed by atoms with Gasteiger partial charge in [0.2, 0.25) is 0 Å². The van der Waals surface area contributed by atoms with E-state index in [0.717, 1.165) is 64.2 Å². The summed E-state index contributed by atoms with van der Waals surface area (Å²) in [4.78, 5) is 37.9. The summed E-state index contributed by atoms with van der Waals surface area (Å²) in [6, 6.07) is 0. The number of esters is 2. The van der Waals surface area contributed by atoms with E-state index < -0.39 is 188 Å². The molecule has 3 saturated heterocycles. The number of aliphatic hydroxyl groups excluding tert-OH is 14. The second-order valence-electron chi connectivity index (χ2n) is 24.7. The molecule has 0 radical (unpaired) electrons. The van der Waals surface area contributed by atoms with E-state index in [1.165, 1.54) is 89.9 Å². The van der Waals surface area contributed by atoms with Crippen LogP contribution in [-0.2, 0) is 61.1 Å². The van der Waals surface area contributed by atoms with Gasteiger partial charge in [0.05, 0.1) is 26.4 Å². The van der Waals surface area contributed by atoms with Crippen LogP contribution >= 0.6 is 7.82 Å². The van der Waals surface area contributed by atoms with Gasteiger partial charge in [-0.15, -0.1) is 0 Å². The number of hydrogen-bond acceptors (Lipinski definition) is 27. The Morgan fingerprint density at radius 3 is 1.24 bits per heavy atom. The van der Waals surface area contributed by atoms with Crippen molar-refractivity contribution in [2.45, 2.75) is 335 Å². The predicted octanol–water partition coefficient (Wildman–Crippen LogP) is 2.14. The molecular formula is C62H113O28P. The van der Waals surface area contributed by atoms with Gasteiger partial charge in [0.1, 0.15) is 116 Å². The topological polar surface area (TPSA) is 447 Å². The molecule has 28 nitrogen and oxygen atoms in total. The van der Waals surface area contributed by atoms with Crippen LogP contribution in [0.1, 0.15) is 200 Å². The zero-order chi connectivity index (χ0) is 66.9. The van der Waals surface area contributed by atoms with Crippen molar-refractivity contribution in [3.8, 4) is 0 Å². The summed E-state index contributed by atoms with van der Waals surface area (Å²) in [6.07, 6.45) is -12.3. The van der Waals surface area contributed by atoms with Gasteiger partial charge >= 0.3 is 19.8 Å². The van der Waals surface area contributed by atoms with Crippen LogP contribution < -0.4 is 0 Å². The van der Waals surface area contributed by atoms with Crippen LogP contribution in [0, 0.1) is 0 Å². The molecule has 534 valence electrons. The fourth-order valence-electron chi connectivity index (χ4n) is 11.4. The molecule has 1 aliphatic carbocycles. The molecule has 1 saturated carbocycles. The van der Waals surface area contributed by atoms with Crippen LogP contribution in [0.4, 0.5) is 0 Å². The van der Waals surface area contributed by atoms with Gasteiger partial charge in [-0.05, 0) is 38.5 Å². The molecule has 91 heavy (non-hydrogen) atoms. The van der Waals surface area contributed by atoms with Crippen LogP contribution in [0.25, 0.3) is 0 Å². The van der Waals surface area contributed by atoms with E-state index in [1.54, 1.807) is 0 Å². The molecule has 0 amide bonds. The minimum absolute atomic E-state index is 0.0210. The Morgan fingerprint density at radius 1 is 0.429 bits per heavy atom. The van der Waals surface area contributed by atoms with Gasteiger partial charge in [0.25, 0.3) is 0 Å². The highest BCUT2D eigenvalue weighted by Crippen LogP contribution is 2.49. The average Bonchev–Trinajstić information content (AvgIpc) is 1.05. The fourth-order valence-corrected chi connectivity index (χ4v) is 12.4. The van der Waals surface area contributed by atoms with Crippen molar-refractivity contribution < 1.29 is 137 Å². The van der Waals surface area contributed by atoms with Crippen molar-refractivity contribution >= 4 is 19.8 Å². The van der Waals surface area contributed by atoms with Crippen molar-refractivity contribution in [2.75, 3.05) is 33.0 Å². The highest BCUT2D eigenvalue weighted by atomic mass is 31.2. The van der Waals surface area contributed by atoms with Crippen molar-refractivity contribution in [1.82, 2.24) is 0 Å². The van der Waals surface area contributed by atoms with Gasteiger partial charge in [-0.25, -0.2) is 4.57 Å². The first-order valence-corrected chi connectivity index (χ1v) is 35.0. The standard InChI is InChI=1S/C62H113O28P/c1-3-5-7-9-11-13-15-17-18-19-21-22-24-26-28-30-32-43(65)81-36-39(84-44(66)33-31-29-27-25-23-20-16-14-12-10-8-6-4-2)37-83-91(79,80)90-59-57(88-61-55(77)49(71)46(68)41(35-64)86-61)52(74)51(73)53(75)58(59)89-62-56(78)50(72)47(69)42(87-62)38-82-60-54(76)48(70)45(67)40(34-63)85-60/h14,16,39-42,45-64,67-78H,3-13,15,17-38H2,1-2H3,(H,79,80)/b16-14-/t39-,40?,41?,42?,45+,46-,47+,48?,49?,50?,51+,52?,53?,54+,55-,56+,57-,58?,59+,60-,61-,62+/m1/s1. The molecule has 10 unspecified atom stereocenters. The lowest BCUT2D eigenvalue weighted by Gasteiger charge is -2.49. The first-order chi connectivity index (χ1) is 43.6. The largest absolute Gasteiger partial charge is 0.472 e. The third-order valence-electron chi connectivity index (χ3n) is 17.2. The Morgan fingerprint density at radius 2 is 0.791 bits per heavy atom. The number of hydrogen-bond donors (Lipinski definition) is 15. The lowest BCUT2D eigenvalue weighted by Crippen LogP contribution is -2.69. The van der Waals surface area contributed by atoms with E-state index in [1.807, 2.05) is 0 Å². The maximum atomic E-state index is 14.3. The van der Waals surface area contributed by atoms with Gasteiger partial charge in [-0.2, -0.15) is 0 Å². The summed E-state index contributed by atoms with van der Waals surface area (Å²) in [5.41, 5.74) is 0. The molecule has 4 rings (SSSR count). The van der Waals surface area contributed by atoms with Crippen LogP contribution in [-0.4, -0.2) is 256 Å². The van der Waals surface area contributed by atoms with Gasteiger partial charge in [-0.3, -0.25) is 18.6 Å². The lowest BCUT2D eigenvalue weighted by molar-refractivity contribution is -0.364. The molecule has 15 N–H and O–H groups in total. The summed E-state index contributed by atoms with van der Waals surface area (Å²) in [6.45, 7) is 0.0511. The second-order valence-corrected chi connectivity index (χ2v) is 26.1. The SMILES string of the molecule is CCCCCC/C=C\CCCCCCCC(=O)O[C@H](COC(=O)CCCCCCCCCCCCCCCCCC)COP(=O)(O)O[C@@H]1C(O[C@@H]2OC(CO[C@@H]3OC(CO)[C@H](O)C(O)[C@@H]3O)[C@H](O)C(O)[C@@H]2O)C(O)[C@@H](O)C(O)[C@H]1O[C@H]1OC(CO)[C@@H](O)C(O)[C@H]1O. The molecular weight excluding hydrogens is 1220 g/mol.